The number of hydrogen-bond acceptors (Lipinski definition) is 2. The van der Waals surface area contributed by atoms with Crippen molar-refractivity contribution in [2.24, 2.45) is 0 Å². The molecule has 1 aliphatic rings. The van der Waals surface area contributed by atoms with Gasteiger partial charge < -0.3 is 9.80 Å². The van der Waals surface area contributed by atoms with Gasteiger partial charge in [0.25, 0.3) is 0 Å². The van der Waals surface area contributed by atoms with E-state index in [0.717, 1.165) is 25.2 Å². The first kappa shape index (κ1) is 14.6. The molecule has 0 saturated heterocycles. The minimum atomic E-state index is 0.193. The number of nitrogens with zero attached hydrogens (tertiary/aromatic N) is 2. The third kappa shape index (κ3) is 2.98. The maximum absolute atomic E-state index is 12.5. The number of fused-ring (bicyclic) bond motifs is 1. The van der Waals surface area contributed by atoms with E-state index >= 15 is 0 Å². The van der Waals surface area contributed by atoms with Crippen LogP contribution in [0, 0.1) is 0 Å². The van der Waals surface area contributed by atoms with E-state index < -0.39 is 0 Å². The van der Waals surface area contributed by atoms with E-state index in [2.05, 4.69) is 29.2 Å². The molecule has 0 N–H and O–H groups in total. The van der Waals surface area contributed by atoms with Crippen LogP contribution in [-0.4, -0.2) is 25.5 Å². The van der Waals surface area contributed by atoms with Gasteiger partial charge in [-0.15, -0.1) is 0 Å². The van der Waals surface area contributed by atoms with Gasteiger partial charge in [0.15, 0.2) is 0 Å². The fraction of sp³-hybridized carbons (Fsp3) is 0.316. The highest BCUT2D eigenvalue weighted by Gasteiger charge is 2.20. The van der Waals surface area contributed by atoms with Crippen LogP contribution in [-0.2, 0) is 11.2 Å². The van der Waals surface area contributed by atoms with Crippen LogP contribution in [0.1, 0.15) is 18.9 Å². The molecule has 0 unspecified atom stereocenters. The molecular formula is C19H22N2O. The van der Waals surface area contributed by atoms with Crippen LogP contribution in [0.5, 0.6) is 0 Å². The summed E-state index contributed by atoms with van der Waals surface area (Å²) in [4.78, 5) is 16.7. The monoisotopic (exact) mass is 294 g/mol. The minimum Gasteiger partial charge on any atom is -0.370 e. The molecule has 0 spiro atoms. The molecule has 0 aliphatic carbocycles. The average Bonchev–Trinajstić information content (AvgIpc) is 2.98. The number of benzene rings is 2. The number of para-hydroxylation sites is 2. The summed E-state index contributed by atoms with van der Waals surface area (Å²) < 4.78 is 0. The summed E-state index contributed by atoms with van der Waals surface area (Å²) in [5.41, 5.74) is 3.67. The van der Waals surface area contributed by atoms with E-state index in [1.807, 2.05) is 42.2 Å². The van der Waals surface area contributed by atoms with Gasteiger partial charge in [0.2, 0.25) is 5.91 Å². The van der Waals surface area contributed by atoms with Crippen molar-refractivity contribution in [1.82, 2.24) is 0 Å². The Morgan fingerprint density at radius 2 is 1.82 bits per heavy atom. The molecule has 114 valence electrons. The van der Waals surface area contributed by atoms with Crippen LogP contribution < -0.4 is 9.80 Å². The van der Waals surface area contributed by atoms with Crippen molar-refractivity contribution >= 4 is 17.3 Å². The Balaban J connectivity index is 1.63. The molecule has 2 aromatic rings. The fourth-order valence-corrected chi connectivity index (χ4v) is 3.12. The summed E-state index contributed by atoms with van der Waals surface area (Å²) in [6.45, 7) is 4.54. The summed E-state index contributed by atoms with van der Waals surface area (Å²) in [7, 11) is 0. The van der Waals surface area contributed by atoms with Crippen LogP contribution in [0.3, 0.4) is 0 Å². The van der Waals surface area contributed by atoms with Crippen molar-refractivity contribution < 1.29 is 4.79 Å². The van der Waals surface area contributed by atoms with Crippen molar-refractivity contribution in [2.75, 3.05) is 29.4 Å². The van der Waals surface area contributed by atoms with Gasteiger partial charge in [-0.05, 0) is 37.1 Å². The molecule has 3 rings (SSSR count). The topological polar surface area (TPSA) is 23.6 Å². The molecule has 3 nitrogen and oxygen atoms in total. The van der Waals surface area contributed by atoms with E-state index in [1.54, 1.807) is 0 Å². The highest BCUT2D eigenvalue weighted by atomic mass is 16.2. The highest BCUT2D eigenvalue weighted by molar-refractivity contribution is 5.93. The molecule has 0 fully saturated rings. The van der Waals surface area contributed by atoms with Crippen molar-refractivity contribution in [2.45, 2.75) is 19.8 Å². The Morgan fingerprint density at radius 1 is 1.09 bits per heavy atom. The molecule has 2 aromatic carbocycles. The molecule has 22 heavy (non-hydrogen) atoms. The van der Waals surface area contributed by atoms with E-state index in [0.29, 0.717) is 13.0 Å². The van der Waals surface area contributed by atoms with Gasteiger partial charge in [-0.25, -0.2) is 0 Å². The van der Waals surface area contributed by atoms with Crippen LogP contribution in [0.4, 0.5) is 11.4 Å². The van der Waals surface area contributed by atoms with Gasteiger partial charge in [0.05, 0.1) is 0 Å². The Bertz CT molecular complexity index is 639. The van der Waals surface area contributed by atoms with Gasteiger partial charge in [-0.2, -0.15) is 0 Å². The van der Waals surface area contributed by atoms with Crippen molar-refractivity contribution in [3.05, 3.63) is 60.2 Å². The third-order valence-corrected chi connectivity index (χ3v) is 4.26. The van der Waals surface area contributed by atoms with Crippen molar-refractivity contribution in [3.63, 3.8) is 0 Å². The Morgan fingerprint density at radius 3 is 2.59 bits per heavy atom. The summed E-state index contributed by atoms with van der Waals surface area (Å²) in [5, 5.41) is 0. The molecule has 3 heteroatoms. The lowest BCUT2D eigenvalue weighted by atomic mass is 10.2. The molecule has 1 amide bonds. The van der Waals surface area contributed by atoms with E-state index in [-0.39, 0.29) is 5.91 Å². The predicted molar refractivity (Wildman–Crippen MR) is 91.4 cm³/mol. The molecule has 0 bridgehead atoms. The van der Waals surface area contributed by atoms with E-state index in [4.69, 9.17) is 0 Å². The first-order valence-electron chi connectivity index (χ1n) is 7.98. The predicted octanol–water partition coefficient (Wildman–Crippen LogP) is 3.49. The number of anilines is 2. The molecular weight excluding hydrogens is 272 g/mol. The van der Waals surface area contributed by atoms with Crippen LogP contribution in [0.2, 0.25) is 0 Å². The maximum atomic E-state index is 12.5. The molecule has 0 saturated carbocycles. The first-order chi connectivity index (χ1) is 10.8. The zero-order valence-electron chi connectivity index (χ0n) is 13.0. The molecule has 1 heterocycles. The fourth-order valence-electron chi connectivity index (χ4n) is 3.12. The average molecular weight is 294 g/mol. The third-order valence-electron chi connectivity index (χ3n) is 4.26. The smallest absolute Gasteiger partial charge is 0.228 e. The summed E-state index contributed by atoms with van der Waals surface area (Å²) in [5.74, 6) is 0.193. The Kier molecular flexibility index (Phi) is 4.42. The van der Waals surface area contributed by atoms with Gasteiger partial charge >= 0.3 is 0 Å². The van der Waals surface area contributed by atoms with Gasteiger partial charge in [-0.3, -0.25) is 4.79 Å². The zero-order valence-corrected chi connectivity index (χ0v) is 13.0. The quantitative estimate of drug-likeness (QED) is 0.842. The largest absolute Gasteiger partial charge is 0.370 e. The minimum absolute atomic E-state index is 0.193. The standard InChI is InChI=1S/C19H22N2O/c1-2-21(17-9-4-3-5-10-17)19(22)13-15-20-14-12-16-8-6-7-11-18(16)20/h3-11H,2,12-15H2,1H3. The summed E-state index contributed by atoms with van der Waals surface area (Å²) >= 11 is 0. The van der Waals surface area contributed by atoms with Gasteiger partial charge in [-0.1, -0.05) is 36.4 Å². The molecule has 0 radical (unpaired) electrons. The second-order valence-electron chi connectivity index (χ2n) is 5.59. The van der Waals surface area contributed by atoms with Crippen molar-refractivity contribution in [1.29, 1.82) is 0 Å². The second kappa shape index (κ2) is 6.65. The number of amides is 1. The number of carbonyl (C=O) groups excluding carboxylic acids is 1. The normalized spacial score (nSPS) is 13.0. The SMILES string of the molecule is CCN(C(=O)CCN1CCc2ccccc21)c1ccccc1. The molecule has 0 atom stereocenters. The Labute approximate surface area is 132 Å². The lowest BCUT2D eigenvalue weighted by Crippen LogP contribution is -2.34. The van der Waals surface area contributed by atoms with Crippen molar-refractivity contribution in [3.8, 4) is 0 Å². The number of hydrogen-bond donors (Lipinski definition) is 0. The van der Waals surface area contributed by atoms with E-state index in [9.17, 15) is 4.79 Å². The van der Waals surface area contributed by atoms with E-state index in [1.165, 1.54) is 11.3 Å². The van der Waals surface area contributed by atoms with Crippen LogP contribution >= 0.6 is 0 Å². The highest BCUT2D eigenvalue weighted by Crippen LogP contribution is 2.27. The van der Waals surface area contributed by atoms with Gasteiger partial charge in [0.1, 0.15) is 0 Å². The lowest BCUT2D eigenvalue weighted by Gasteiger charge is -2.24. The zero-order chi connectivity index (χ0) is 15.4. The summed E-state index contributed by atoms with van der Waals surface area (Å²) in [6, 6.07) is 18.4. The number of carbonyl (C=O) groups is 1. The Hall–Kier alpha value is -2.29. The summed E-state index contributed by atoms with van der Waals surface area (Å²) in [6.07, 6.45) is 1.64. The van der Waals surface area contributed by atoms with Crippen LogP contribution in [0.25, 0.3) is 0 Å². The number of rotatable bonds is 5. The molecule has 1 aliphatic heterocycles. The first-order valence-corrected chi connectivity index (χ1v) is 7.98. The van der Waals surface area contributed by atoms with Gasteiger partial charge in [0, 0.05) is 37.4 Å². The second-order valence-corrected chi connectivity index (χ2v) is 5.59. The lowest BCUT2D eigenvalue weighted by molar-refractivity contribution is -0.118. The molecule has 0 aromatic heterocycles. The maximum Gasteiger partial charge on any atom is 0.228 e. The van der Waals surface area contributed by atoms with Crippen LogP contribution in [0.15, 0.2) is 54.6 Å².